The van der Waals surface area contributed by atoms with E-state index in [-0.39, 0.29) is 23.3 Å². The Labute approximate surface area is 178 Å². The van der Waals surface area contributed by atoms with Gasteiger partial charge in [-0.1, -0.05) is 11.6 Å². The van der Waals surface area contributed by atoms with Gasteiger partial charge in [-0.2, -0.15) is 4.31 Å². The first kappa shape index (κ1) is 23.6. The molecule has 0 bridgehead atoms. The minimum absolute atomic E-state index is 0.0866. The minimum Gasteiger partial charge on any atom is -0.342 e. The summed E-state index contributed by atoms with van der Waals surface area (Å²) < 4.78 is 26.3. The average molecular weight is 445 g/mol. The van der Waals surface area contributed by atoms with Crippen LogP contribution < -0.4 is 0 Å². The summed E-state index contributed by atoms with van der Waals surface area (Å²) in [6, 6.07) is 5.85. The predicted octanol–water partition coefficient (Wildman–Crippen LogP) is 0.973. The first-order chi connectivity index (χ1) is 13.7. The van der Waals surface area contributed by atoms with Crippen LogP contribution in [-0.2, 0) is 19.6 Å². The molecule has 1 saturated heterocycles. The number of hydrogen-bond donors (Lipinski definition) is 0. The van der Waals surface area contributed by atoms with E-state index in [0.717, 1.165) is 4.31 Å². The molecular formula is C19H29ClN4O4S. The van der Waals surface area contributed by atoms with Gasteiger partial charge >= 0.3 is 0 Å². The van der Waals surface area contributed by atoms with Crippen LogP contribution in [0.2, 0.25) is 5.02 Å². The quantitative estimate of drug-likeness (QED) is 0.596. The summed E-state index contributed by atoms with van der Waals surface area (Å²) >= 11 is 5.81. The van der Waals surface area contributed by atoms with Crippen molar-refractivity contribution in [1.82, 2.24) is 19.0 Å². The van der Waals surface area contributed by atoms with E-state index < -0.39 is 10.0 Å². The lowest BCUT2D eigenvalue weighted by Gasteiger charge is -2.35. The van der Waals surface area contributed by atoms with E-state index in [1.54, 1.807) is 9.80 Å². The van der Waals surface area contributed by atoms with Crippen molar-refractivity contribution in [3.8, 4) is 0 Å². The summed E-state index contributed by atoms with van der Waals surface area (Å²) in [6.07, 6.45) is 0. The third-order valence-electron chi connectivity index (χ3n) is 5.08. The second-order valence-corrected chi connectivity index (χ2v) is 9.42. The summed E-state index contributed by atoms with van der Waals surface area (Å²) in [5.41, 5.74) is 0. The van der Waals surface area contributed by atoms with Crippen molar-refractivity contribution in [3.63, 3.8) is 0 Å². The molecule has 2 rings (SSSR count). The SMILES string of the molecule is CCN(CC)C(=O)CN1CCN(C(=O)CN(C)S(=O)(=O)c2ccc(Cl)cc2)CC1. The molecule has 1 aromatic rings. The molecule has 1 fully saturated rings. The van der Waals surface area contributed by atoms with E-state index in [1.807, 2.05) is 18.7 Å². The second-order valence-electron chi connectivity index (χ2n) is 6.94. The van der Waals surface area contributed by atoms with Crippen molar-refractivity contribution < 1.29 is 18.0 Å². The normalized spacial score (nSPS) is 15.6. The number of amides is 2. The lowest BCUT2D eigenvalue weighted by atomic mass is 10.3. The highest BCUT2D eigenvalue weighted by molar-refractivity contribution is 7.89. The molecule has 1 aromatic carbocycles. The van der Waals surface area contributed by atoms with E-state index in [1.165, 1.54) is 31.3 Å². The molecule has 0 aromatic heterocycles. The van der Waals surface area contributed by atoms with Crippen LogP contribution in [0.3, 0.4) is 0 Å². The highest BCUT2D eigenvalue weighted by Gasteiger charge is 2.28. The molecule has 0 N–H and O–H groups in total. The molecule has 29 heavy (non-hydrogen) atoms. The number of hydrogen-bond acceptors (Lipinski definition) is 5. The lowest BCUT2D eigenvalue weighted by Crippen LogP contribution is -2.53. The fraction of sp³-hybridized carbons (Fsp3) is 0.579. The van der Waals surface area contributed by atoms with Gasteiger partial charge in [0.15, 0.2) is 0 Å². The maximum Gasteiger partial charge on any atom is 0.243 e. The lowest BCUT2D eigenvalue weighted by molar-refractivity contribution is -0.135. The molecule has 0 unspecified atom stereocenters. The zero-order chi connectivity index (χ0) is 21.6. The van der Waals surface area contributed by atoms with Crippen molar-refractivity contribution in [3.05, 3.63) is 29.3 Å². The Morgan fingerprint density at radius 3 is 2.10 bits per heavy atom. The molecule has 2 amide bonds. The Morgan fingerprint density at radius 1 is 1.03 bits per heavy atom. The Hall–Kier alpha value is -1.68. The highest BCUT2D eigenvalue weighted by Crippen LogP contribution is 2.17. The van der Waals surface area contributed by atoms with Crippen LogP contribution in [-0.4, -0.2) is 98.6 Å². The molecule has 10 heteroatoms. The summed E-state index contributed by atoms with van der Waals surface area (Å²) in [4.78, 5) is 30.3. The van der Waals surface area contributed by atoms with Crippen LogP contribution in [0.4, 0.5) is 0 Å². The van der Waals surface area contributed by atoms with Gasteiger partial charge in [-0.05, 0) is 38.1 Å². The molecule has 1 aliphatic heterocycles. The molecular weight excluding hydrogens is 416 g/mol. The monoisotopic (exact) mass is 444 g/mol. The van der Waals surface area contributed by atoms with E-state index in [2.05, 4.69) is 0 Å². The molecule has 1 aliphatic rings. The number of nitrogens with zero attached hydrogens (tertiary/aromatic N) is 4. The van der Waals surface area contributed by atoms with Crippen molar-refractivity contribution in [2.75, 3.05) is 59.4 Å². The Morgan fingerprint density at radius 2 is 1.59 bits per heavy atom. The van der Waals surface area contributed by atoms with Crippen LogP contribution in [0.25, 0.3) is 0 Å². The molecule has 162 valence electrons. The molecule has 0 aliphatic carbocycles. The summed E-state index contributed by atoms with van der Waals surface area (Å²) in [7, 11) is -2.38. The van der Waals surface area contributed by atoms with E-state index in [4.69, 9.17) is 11.6 Å². The van der Waals surface area contributed by atoms with Gasteiger partial charge < -0.3 is 9.80 Å². The van der Waals surface area contributed by atoms with Crippen molar-refractivity contribution >= 4 is 33.4 Å². The van der Waals surface area contributed by atoms with Gasteiger partial charge in [0.05, 0.1) is 18.0 Å². The van der Waals surface area contributed by atoms with Crippen LogP contribution >= 0.6 is 11.6 Å². The van der Waals surface area contributed by atoms with Gasteiger partial charge in [-0.25, -0.2) is 8.42 Å². The van der Waals surface area contributed by atoms with Crippen LogP contribution in [0.1, 0.15) is 13.8 Å². The molecule has 8 nitrogen and oxygen atoms in total. The van der Waals surface area contributed by atoms with Crippen LogP contribution in [0.5, 0.6) is 0 Å². The van der Waals surface area contributed by atoms with Crippen molar-refractivity contribution in [2.24, 2.45) is 0 Å². The number of carbonyl (C=O) groups excluding carboxylic acids is 2. The molecule has 0 spiro atoms. The molecule has 1 heterocycles. The first-order valence-corrected chi connectivity index (χ1v) is 11.5. The highest BCUT2D eigenvalue weighted by atomic mass is 35.5. The maximum atomic E-state index is 12.6. The fourth-order valence-corrected chi connectivity index (χ4v) is 4.43. The predicted molar refractivity (Wildman–Crippen MR) is 112 cm³/mol. The first-order valence-electron chi connectivity index (χ1n) is 9.68. The topological polar surface area (TPSA) is 81.2 Å². The van der Waals surface area contributed by atoms with Gasteiger partial charge in [0.25, 0.3) is 0 Å². The van der Waals surface area contributed by atoms with Gasteiger partial charge in [-0.3, -0.25) is 14.5 Å². The van der Waals surface area contributed by atoms with Crippen LogP contribution in [0.15, 0.2) is 29.2 Å². The van der Waals surface area contributed by atoms with Gasteiger partial charge in [0.1, 0.15) is 0 Å². The third-order valence-corrected chi connectivity index (χ3v) is 7.15. The van der Waals surface area contributed by atoms with Gasteiger partial charge in [0.2, 0.25) is 21.8 Å². The van der Waals surface area contributed by atoms with Crippen molar-refractivity contribution in [1.29, 1.82) is 0 Å². The summed E-state index contributed by atoms with van der Waals surface area (Å²) in [6.45, 7) is 7.50. The van der Waals surface area contributed by atoms with E-state index in [9.17, 15) is 18.0 Å². The number of halogens is 1. The molecule has 0 atom stereocenters. The number of likely N-dealkylation sites (N-methyl/N-ethyl adjacent to an activating group) is 2. The Kier molecular flexibility index (Phi) is 8.45. The van der Waals surface area contributed by atoms with Crippen LogP contribution in [0, 0.1) is 0 Å². The summed E-state index contributed by atoms with van der Waals surface area (Å²) in [5.74, 6) is -0.164. The van der Waals surface area contributed by atoms with E-state index >= 15 is 0 Å². The number of carbonyl (C=O) groups is 2. The third kappa shape index (κ3) is 6.15. The largest absolute Gasteiger partial charge is 0.342 e. The Bertz CT molecular complexity index is 804. The molecule has 0 radical (unpaired) electrons. The molecule has 0 saturated carbocycles. The maximum absolute atomic E-state index is 12.6. The fourth-order valence-electron chi connectivity index (χ4n) is 3.18. The van der Waals surface area contributed by atoms with Gasteiger partial charge in [0, 0.05) is 51.3 Å². The van der Waals surface area contributed by atoms with Crippen molar-refractivity contribution in [2.45, 2.75) is 18.7 Å². The standard InChI is InChI=1S/C19H29ClN4O4S/c1-4-23(5-2)19(26)15-22-10-12-24(13-11-22)18(25)14-21(3)29(27,28)17-8-6-16(20)7-9-17/h6-9H,4-5,10-15H2,1-3H3. The number of benzene rings is 1. The number of sulfonamides is 1. The zero-order valence-electron chi connectivity index (χ0n) is 17.2. The number of piperazine rings is 1. The van der Waals surface area contributed by atoms with E-state index in [0.29, 0.717) is 50.8 Å². The second kappa shape index (κ2) is 10.4. The summed E-state index contributed by atoms with van der Waals surface area (Å²) in [5, 5.41) is 0.444. The smallest absolute Gasteiger partial charge is 0.243 e. The average Bonchev–Trinajstić information content (AvgIpc) is 2.69. The minimum atomic E-state index is -3.76. The Balaban J connectivity index is 1.87. The number of rotatable bonds is 8. The zero-order valence-corrected chi connectivity index (χ0v) is 18.7. The van der Waals surface area contributed by atoms with Gasteiger partial charge in [-0.15, -0.1) is 0 Å².